The Hall–Kier alpha value is -3.35. The first-order chi connectivity index (χ1) is 14.1. The van der Waals surface area contributed by atoms with Gasteiger partial charge in [-0.2, -0.15) is 0 Å². The van der Waals surface area contributed by atoms with E-state index in [-0.39, 0.29) is 17.6 Å². The maximum absolute atomic E-state index is 13.1. The van der Waals surface area contributed by atoms with Gasteiger partial charge in [0, 0.05) is 31.0 Å². The lowest BCUT2D eigenvalue weighted by Crippen LogP contribution is -2.38. The molecule has 1 aliphatic rings. The highest BCUT2D eigenvalue weighted by molar-refractivity contribution is 6.06. The highest BCUT2D eigenvalue weighted by Gasteiger charge is 2.27. The molecule has 0 spiro atoms. The summed E-state index contributed by atoms with van der Waals surface area (Å²) in [6.07, 6.45) is 3.72. The molecule has 0 aliphatic carbocycles. The molecule has 2 aromatic heterocycles. The van der Waals surface area contributed by atoms with Crippen molar-refractivity contribution in [3.05, 3.63) is 60.2 Å². The van der Waals surface area contributed by atoms with E-state index in [1.165, 1.54) is 0 Å². The number of ether oxygens (including phenoxy) is 1. The Kier molecular flexibility index (Phi) is 5.20. The number of benzene rings is 1. The summed E-state index contributed by atoms with van der Waals surface area (Å²) in [6.45, 7) is 3.64. The molecule has 0 bridgehead atoms. The third-order valence-corrected chi connectivity index (χ3v) is 5.35. The van der Waals surface area contributed by atoms with Crippen LogP contribution in [0.1, 0.15) is 40.9 Å². The molecule has 2 amide bonds. The van der Waals surface area contributed by atoms with Gasteiger partial charge in [-0.3, -0.25) is 14.0 Å². The van der Waals surface area contributed by atoms with Crippen LogP contribution < -0.4 is 10.1 Å². The van der Waals surface area contributed by atoms with E-state index in [4.69, 9.17) is 4.74 Å². The van der Waals surface area contributed by atoms with Crippen molar-refractivity contribution >= 4 is 23.0 Å². The van der Waals surface area contributed by atoms with Gasteiger partial charge >= 0.3 is 0 Å². The number of likely N-dealkylation sites (tertiary alicyclic amines) is 1. The number of carbonyl (C=O) groups excluding carboxylic acids is 2. The molecule has 1 aliphatic heterocycles. The van der Waals surface area contributed by atoms with Crippen LogP contribution in [-0.2, 0) is 0 Å². The zero-order valence-corrected chi connectivity index (χ0v) is 16.6. The molecule has 3 aromatic rings. The molecule has 150 valence electrons. The number of hydrogen-bond donors (Lipinski definition) is 1. The molecule has 1 fully saturated rings. The van der Waals surface area contributed by atoms with Crippen molar-refractivity contribution in [2.45, 2.75) is 19.8 Å². The second-order valence-electron chi connectivity index (χ2n) is 7.40. The Balaban J connectivity index is 1.65. The number of piperidine rings is 1. The smallest absolute Gasteiger partial charge is 0.292 e. The van der Waals surface area contributed by atoms with Crippen molar-refractivity contribution in [1.82, 2.24) is 14.3 Å². The van der Waals surface area contributed by atoms with Crippen LogP contribution in [0.25, 0.3) is 5.52 Å². The number of anilines is 1. The number of imidazole rings is 1. The zero-order chi connectivity index (χ0) is 20.4. The topological polar surface area (TPSA) is 75.9 Å². The largest absolute Gasteiger partial charge is 0.497 e. The van der Waals surface area contributed by atoms with Gasteiger partial charge in [-0.25, -0.2) is 4.98 Å². The molecule has 0 atom stereocenters. The van der Waals surface area contributed by atoms with Gasteiger partial charge in [0.2, 0.25) is 5.82 Å². The van der Waals surface area contributed by atoms with Gasteiger partial charge in [-0.15, -0.1) is 0 Å². The predicted molar refractivity (Wildman–Crippen MR) is 110 cm³/mol. The van der Waals surface area contributed by atoms with Crippen molar-refractivity contribution in [3.63, 3.8) is 0 Å². The Morgan fingerprint density at radius 1 is 1.14 bits per heavy atom. The van der Waals surface area contributed by atoms with Gasteiger partial charge in [0.1, 0.15) is 5.75 Å². The van der Waals surface area contributed by atoms with Crippen LogP contribution in [0.4, 0.5) is 5.69 Å². The first-order valence-corrected chi connectivity index (χ1v) is 9.78. The molecule has 4 rings (SSSR count). The second-order valence-corrected chi connectivity index (χ2v) is 7.40. The average molecular weight is 392 g/mol. The Bertz CT molecular complexity index is 1050. The van der Waals surface area contributed by atoms with Crippen molar-refractivity contribution < 1.29 is 14.3 Å². The van der Waals surface area contributed by atoms with E-state index in [2.05, 4.69) is 17.2 Å². The number of amides is 2. The Labute approximate surface area is 169 Å². The van der Waals surface area contributed by atoms with Crippen LogP contribution in [-0.4, -0.2) is 46.3 Å². The fraction of sp³-hybridized carbons (Fsp3) is 0.318. The molecule has 0 unspecified atom stereocenters. The quantitative estimate of drug-likeness (QED) is 0.738. The summed E-state index contributed by atoms with van der Waals surface area (Å²) in [7, 11) is 1.57. The lowest BCUT2D eigenvalue weighted by Gasteiger charge is -2.29. The first-order valence-electron chi connectivity index (χ1n) is 9.78. The van der Waals surface area contributed by atoms with Crippen LogP contribution >= 0.6 is 0 Å². The summed E-state index contributed by atoms with van der Waals surface area (Å²) >= 11 is 0. The van der Waals surface area contributed by atoms with Crippen LogP contribution in [0, 0.1) is 5.92 Å². The number of hydrogen-bond acceptors (Lipinski definition) is 4. The summed E-state index contributed by atoms with van der Waals surface area (Å²) in [5.74, 6) is 0.942. The maximum Gasteiger partial charge on any atom is 0.292 e. The van der Waals surface area contributed by atoms with Gasteiger partial charge in [0.15, 0.2) is 5.69 Å². The molecule has 0 saturated carbocycles. The molecule has 0 radical (unpaired) electrons. The summed E-state index contributed by atoms with van der Waals surface area (Å²) < 4.78 is 6.86. The molecule has 7 nitrogen and oxygen atoms in total. The van der Waals surface area contributed by atoms with Crippen LogP contribution in [0.3, 0.4) is 0 Å². The number of aromatic nitrogens is 2. The summed E-state index contributed by atoms with van der Waals surface area (Å²) in [6, 6.07) is 12.6. The fourth-order valence-electron chi connectivity index (χ4n) is 3.60. The van der Waals surface area contributed by atoms with E-state index in [1.54, 1.807) is 42.0 Å². The van der Waals surface area contributed by atoms with Crippen LogP contribution in [0.5, 0.6) is 5.75 Å². The van der Waals surface area contributed by atoms with Crippen molar-refractivity contribution in [1.29, 1.82) is 0 Å². The molecule has 1 N–H and O–H groups in total. The van der Waals surface area contributed by atoms with Crippen LogP contribution in [0.15, 0.2) is 48.7 Å². The number of pyridine rings is 1. The van der Waals surface area contributed by atoms with E-state index in [0.29, 0.717) is 28.6 Å². The number of fused-ring (bicyclic) bond motifs is 1. The Morgan fingerprint density at radius 2 is 1.93 bits per heavy atom. The number of methoxy groups -OCH3 is 1. The van der Waals surface area contributed by atoms with E-state index in [9.17, 15) is 9.59 Å². The molecule has 1 aromatic carbocycles. The van der Waals surface area contributed by atoms with Crippen molar-refractivity contribution in [2.24, 2.45) is 5.92 Å². The van der Waals surface area contributed by atoms with Gasteiger partial charge in [-0.1, -0.05) is 19.1 Å². The van der Waals surface area contributed by atoms with Gasteiger partial charge in [0.05, 0.1) is 12.6 Å². The standard InChI is InChI=1S/C22H24N4O3/c1-15-9-12-25(13-10-15)22(28)19-18-8-3-4-11-26(18)20(24-19)21(27)23-16-6-5-7-17(14-16)29-2/h3-8,11,14-15H,9-10,12-13H2,1-2H3,(H,23,27). The zero-order valence-electron chi connectivity index (χ0n) is 16.6. The second kappa shape index (κ2) is 7.95. The van der Waals surface area contributed by atoms with Gasteiger partial charge in [-0.05, 0) is 43.0 Å². The lowest BCUT2D eigenvalue weighted by atomic mass is 9.99. The fourth-order valence-corrected chi connectivity index (χ4v) is 3.60. The normalized spacial score (nSPS) is 14.8. The molecule has 1 saturated heterocycles. The molecule has 3 heterocycles. The minimum absolute atomic E-state index is 0.124. The molecule has 7 heteroatoms. The average Bonchev–Trinajstić information content (AvgIpc) is 3.14. The predicted octanol–water partition coefficient (Wildman–Crippen LogP) is 3.47. The number of carbonyl (C=O) groups is 2. The Morgan fingerprint density at radius 3 is 2.69 bits per heavy atom. The third kappa shape index (κ3) is 3.81. The number of rotatable bonds is 4. The molecule has 29 heavy (non-hydrogen) atoms. The first kappa shape index (κ1) is 19.0. The lowest BCUT2D eigenvalue weighted by molar-refractivity contribution is 0.0694. The number of nitrogens with one attached hydrogen (secondary N) is 1. The third-order valence-electron chi connectivity index (χ3n) is 5.35. The van der Waals surface area contributed by atoms with Crippen molar-refractivity contribution in [3.8, 4) is 5.75 Å². The summed E-state index contributed by atoms with van der Waals surface area (Å²) in [5.41, 5.74) is 1.54. The highest BCUT2D eigenvalue weighted by Crippen LogP contribution is 2.22. The maximum atomic E-state index is 13.1. The minimum atomic E-state index is -0.384. The summed E-state index contributed by atoms with van der Waals surface area (Å²) in [4.78, 5) is 32.3. The van der Waals surface area contributed by atoms with Crippen LogP contribution in [0.2, 0.25) is 0 Å². The van der Waals surface area contributed by atoms with E-state index in [1.807, 2.05) is 23.1 Å². The minimum Gasteiger partial charge on any atom is -0.497 e. The van der Waals surface area contributed by atoms with Gasteiger partial charge < -0.3 is 15.0 Å². The number of nitrogens with zero attached hydrogens (tertiary/aromatic N) is 3. The van der Waals surface area contributed by atoms with Crippen molar-refractivity contribution in [2.75, 3.05) is 25.5 Å². The SMILES string of the molecule is COc1cccc(NC(=O)c2nc(C(=O)N3CCC(C)CC3)c3ccccn23)c1. The van der Waals surface area contributed by atoms with E-state index in [0.717, 1.165) is 25.9 Å². The highest BCUT2D eigenvalue weighted by atomic mass is 16.5. The van der Waals surface area contributed by atoms with E-state index < -0.39 is 0 Å². The monoisotopic (exact) mass is 392 g/mol. The molecular weight excluding hydrogens is 368 g/mol. The summed E-state index contributed by atoms with van der Waals surface area (Å²) in [5, 5.41) is 2.84. The van der Waals surface area contributed by atoms with E-state index >= 15 is 0 Å². The van der Waals surface area contributed by atoms with Gasteiger partial charge in [0.25, 0.3) is 11.8 Å². The molecular formula is C22H24N4O3.